The second-order valence-electron chi connectivity index (χ2n) is 5.80. The minimum atomic E-state index is -0.0784. The molecule has 1 aromatic heterocycles. The van der Waals surface area contributed by atoms with E-state index >= 15 is 0 Å². The van der Waals surface area contributed by atoms with Crippen molar-refractivity contribution >= 4 is 17.2 Å². The fourth-order valence-corrected chi connectivity index (χ4v) is 4.04. The number of ether oxygens (including phenoxy) is 1. The van der Waals surface area contributed by atoms with Crippen LogP contribution in [0.1, 0.15) is 44.9 Å². The van der Waals surface area contributed by atoms with E-state index in [0.717, 1.165) is 17.7 Å². The van der Waals surface area contributed by atoms with E-state index in [1.165, 1.54) is 29.7 Å². The van der Waals surface area contributed by atoms with Gasteiger partial charge in [0, 0.05) is 17.0 Å². The summed E-state index contributed by atoms with van der Waals surface area (Å²) in [6.07, 6.45) is 5.87. The molecule has 1 heterocycles. The van der Waals surface area contributed by atoms with Crippen LogP contribution in [0.3, 0.4) is 0 Å². The van der Waals surface area contributed by atoms with Gasteiger partial charge in [0.2, 0.25) is 0 Å². The molecule has 1 aromatic carbocycles. The molecule has 0 saturated heterocycles. The summed E-state index contributed by atoms with van der Waals surface area (Å²) >= 11 is 1.60. The first-order valence-electron chi connectivity index (χ1n) is 7.93. The molecule has 1 amide bonds. The number of hydrogen-bond donors (Lipinski definition) is 2. The highest BCUT2D eigenvalue weighted by atomic mass is 32.1. The summed E-state index contributed by atoms with van der Waals surface area (Å²) in [5, 5.41) is 12.8. The molecule has 0 saturated carbocycles. The molecule has 0 atom stereocenters. The van der Waals surface area contributed by atoms with Gasteiger partial charge in [-0.25, -0.2) is 0 Å². The van der Waals surface area contributed by atoms with Gasteiger partial charge in [0.25, 0.3) is 5.91 Å². The SMILES string of the molecule is COc1ccc(O)c(CNC(=O)c2cc3c(s2)CCCCC3)c1. The molecule has 0 unspecified atom stereocenters. The number of thiophene rings is 1. The third kappa shape index (κ3) is 3.67. The second-order valence-corrected chi connectivity index (χ2v) is 6.93. The maximum atomic E-state index is 12.4. The number of rotatable bonds is 4. The van der Waals surface area contributed by atoms with Gasteiger partial charge in [-0.3, -0.25) is 4.79 Å². The summed E-state index contributed by atoms with van der Waals surface area (Å²) in [4.78, 5) is 14.5. The number of phenols is 1. The number of aryl methyl sites for hydroxylation is 2. The van der Waals surface area contributed by atoms with E-state index < -0.39 is 0 Å². The van der Waals surface area contributed by atoms with Crippen molar-refractivity contribution in [1.29, 1.82) is 0 Å². The molecule has 23 heavy (non-hydrogen) atoms. The van der Waals surface area contributed by atoms with Crippen molar-refractivity contribution in [3.8, 4) is 11.5 Å². The minimum Gasteiger partial charge on any atom is -0.508 e. The number of benzene rings is 1. The number of hydrogen-bond acceptors (Lipinski definition) is 4. The summed E-state index contributed by atoms with van der Waals surface area (Å²) in [7, 11) is 1.58. The van der Waals surface area contributed by atoms with Gasteiger partial charge in [0.15, 0.2) is 0 Å². The zero-order valence-corrected chi connectivity index (χ0v) is 14.0. The molecular weight excluding hydrogens is 310 g/mol. The standard InChI is InChI=1S/C18H21NO3S/c1-22-14-7-8-15(20)13(9-14)11-19-18(21)17-10-12-5-3-2-4-6-16(12)23-17/h7-10,20H,2-6,11H2,1H3,(H,19,21). The molecule has 3 rings (SSSR count). The molecule has 0 spiro atoms. The Kier molecular flexibility index (Phi) is 4.86. The Balaban J connectivity index is 1.68. The number of methoxy groups -OCH3 is 1. The number of carbonyl (C=O) groups excluding carboxylic acids is 1. The van der Waals surface area contributed by atoms with Crippen LogP contribution in [0.15, 0.2) is 24.3 Å². The Hall–Kier alpha value is -2.01. The summed E-state index contributed by atoms with van der Waals surface area (Å²) in [5.74, 6) is 0.744. The molecule has 122 valence electrons. The third-order valence-corrected chi connectivity index (χ3v) is 5.43. The molecule has 1 aliphatic rings. The molecule has 2 aromatic rings. The zero-order chi connectivity index (χ0) is 16.2. The highest BCUT2D eigenvalue weighted by Gasteiger charge is 2.16. The van der Waals surface area contributed by atoms with E-state index in [1.54, 1.807) is 36.6 Å². The molecule has 4 nitrogen and oxygen atoms in total. The van der Waals surface area contributed by atoms with Crippen LogP contribution in [0.25, 0.3) is 0 Å². The van der Waals surface area contributed by atoms with Crippen molar-refractivity contribution in [3.05, 3.63) is 45.1 Å². The van der Waals surface area contributed by atoms with Crippen molar-refractivity contribution in [2.24, 2.45) is 0 Å². The summed E-state index contributed by atoms with van der Waals surface area (Å²) < 4.78 is 5.15. The number of nitrogens with one attached hydrogen (secondary N) is 1. The van der Waals surface area contributed by atoms with E-state index in [9.17, 15) is 9.90 Å². The fourth-order valence-electron chi connectivity index (χ4n) is 2.87. The number of fused-ring (bicyclic) bond motifs is 1. The van der Waals surface area contributed by atoms with Crippen LogP contribution < -0.4 is 10.1 Å². The Morgan fingerprint density at radius 3 is 2.91 bits per heavy atom. The lowest BCUT2D eigenvalue weighted by atomic mass is 10.1. The van der Waals surface area contributed by atoms with Crippen molar-refractivity contribution < 1.29 is 14.6 Å². The lowest BCUT2D eigenvalue weighted by molar-refractivity contribution is 0.0954. The van der Waals surface area contributed by atoms with Crippen molar-refractivity contribution in [2.45, 2.75) is 38.6 Å². The van der Waals surface area contributed by atoms with E-state index in [4.69, 9.17) is 4.74 Å². The number of aromatic hydroxyl groups is 1. The Morgan fingerprint density at radius 2 is 2.09 bits per heavy atom. The van der Waals surface area contributed by atoms with Crippen molar-refractivity contribution in [3.63, 3.8) is 0 Å². The molecule has 0 aliphatic heterocycles. The van der Waals surface area contributed by atoms with E-state index in [0.29, 0.717) is 11.3 Å². The minimum absolute atomic E-state index is 0.0784. The molecule has 0 bridgehead atoms. The van der Waals surface area contributed by atoms with Gasteiger partial charge in [-0.15, -0.1) is 11.3 Å². The van der Waals surface area contributed by atoms with Crippen LogP contribution in [0.4, 0.5) is 0 Å². The van der Waals surface area contributed by atoms with Crippen LogP contribution in [-0.4, -0.2) is 18.1 Å². The van der Waals surface area contributed by atoms with Crippen LogP contribution in [0.2, 0.25) is 0 Å². The first-order chi connectivity index (χ1) is 11.2. The molecular formula is C18H21NO3S. The van der Waals surface area contributed by atoms with Gasteiger partial charge >= 0.3 is 0 Å². The first-order valence-corrected chi connectivity index (χ1v) is 8.74. The van der Waals surface area contributed by atoms with Crippen LogP contribution >= 0.6 is 11.3 Å². The predicted molar refractivity (Wildman–Crippen MR) is 91.4 cm³/mol. The summed E-state index contributed by atoms with van der Waals surface area (Å²) in [6.45, 7) is 0.282. The molecule has 0 fully saturated rings. The quantitative estimate of drug-likeness (QED) is 0.841. The Labute approximate surface area is 140 Å². The number of amides is 1. The van der Waals surface area contributed by atoms with Gasteiger partial charge < -0.3 is 15.2 Å². The molecule has 0 radical (unpaired) electrons. The molecule has 5 heteroatoms. The highest BCUT2D eigenvalue weighted by Crippen LogP contribution is 2.29. The second kappa shape index (κ2) is 7.04. The molecule has 1 aliphatic carbocycles. The fraction of sp³-hybridized carbons (Fsp3) is 0.389. The van der Waals surface area contributed by atoms with E-state index in [1.807, 2.05) is 6.07 Å². The summed E-state index contributed by atoms with van der Waals surface area (Å²) in [6, 6.07) is 7.04. The first kappa shape index (κ1) is 15.9. The van der Waals surface area contributed by atoms with Gasteiger partial charge in [-0.2, -0.15) is 0 Å². The zero-order valence-electron chi connectivity index (χ0n) is 13.2. The Bertz CT molecular complexity index is 685. The average Bonchev–Trinajstić information content (AvgIpc) is 2.85. The third-order valence-electron chi connectivity index (χ3n) is 4.20. The monoisotopic (exact) mass is 331 g/mol. The Morgan fingerprint density at radius 1 is 1.26 bits per heavy atom. The normalized spacial score (nSPS) is 14.0. The maximum Gasteiger partial charge on any atom is 0.261 e. The average molecular weight is 331 g/mol. The van der Waals surface area contributed by atoms with Gasteiger partial charge in [0.1, 0.15) is 11.5 Å². The highest BCUT2D eigenvalue weighted by molar-refractivity contribution is 7.14. The van der Waals surface area contributed by atoms with Crippen LogP contribution in [0.5, 0.6) is 11.5 Å². The lowest BCUT2D eigenvalue weighted by Gasteiger charge is -2.08. The van der Waals surface area contributed by atoms with Crippen LogP contribution in [0, 0.1) is 0 Å². The summed E-state index contributed by atoms with van der Waals surface area (Å²) in [5.41, 5.74) is 1.98. The smallest absolute Gasteiger partial charge is 0.261 e. The lowest BCUT2D eigenvalue weighted by Crippen LogP contribution is -2.21. The van der Waals surface area contributed by atoms with Gasteiger partial charge in [-0.1, -0.05) is 6.42 Å². The van der Waals surface area contributed by atoms with Crippen molar-refractivity contribution in [2.75, 3.05) is 7.11 Å². The van der Waals surface area contributed by atoms with Crippen LogP contribution in [-0.2, 0) is 19.4 Å². The topological polar surface area (TPSA) is 58.6 Å². The van der Waals surface area contributed by atoms with Gasteiger partial charge in [-0.05, 0) is 55.5 Å². The van der Waals surface area contributed by atoms with E-state index in [2.05, 4.69) is 5.32 Å². The van der Waals surface area contributed by atoms with Crippen molar-refractivity contribution in [1.82, 2.24) is 5.32 Å². The molecule has 2 N–H and O–H groups in total. The maximum absolute atomic E-state index is 12.4. The largest absolute Gasteiger partial charge is 0.508 e. The predicted octanol–water partition coefficient (Wildman–Crippen LogP) is 3.66. The van der Waals surface area contributed by atoms with Gasteiger partial charge in [0.05, 0.1) is 12.0 Å². The number of carbonyl (C=O) groups is 1. The number of phenolic OH excluding ortho intramolecular Hbond substituents is 1. The van der Waals surface area contributed by atoms with E-state index in [-0.39, 0.29) is 18.2 Å².